The fraction of sp³-hybridized carbons (Fsp3) is 0.750. The number of hydrogen-bond acceptors (Lipinski definition) is 5. The molecule has 5 nitrogen and oxygen atoms in total. The van der Waals surface area contributed by atoms with Gasteiger partial charge in [0.15, 0.2) is 0 Å². The fourth-order valence-electron chi connectivity index (χ4n) is 6.67. The minimum Gasteiger partial charge on any atom is -0.308 e. The molecule has 1 unspecified atom stereocenters. The molecule has 0 aromatic carbocycles. The van der Waals surface area contributed by atoms with Gasteiger partial charge in [-0.1, -0.05) is 18.3 Å². The van der Waals surface area contributed by atoms with E-state index in [1.54, 1.807) is 6.07 Å². The third-order valence-corrected chi connectivity index (χ3v) is 7.99. The summed E-state index contributed by atoms with van der Waals surface area (Å²) in [5.74, 6) is 2.91. The lowest BCUT2D eigenvalue weighted by atomic mass is 9.47. The largest absolute Gasteiger partial charge is 0.308 e. The van der Waals surface area contributed by atoms with Gasteiger partial charge < -0.3 is 5.32 Å². The molecule has 1 atom stereocenters. The molecule has 0 radical (unpaired) electrons. The van der Waals surface area contributed by atoms with Crippen molar-refractivity contribution in [1.82, 2.24) is 19.9 Å². The van der Waals surface area contributed by atoms with E-state index < -0.39 is 0 Å². The number of rotatable bonds is 5. The van der Waals surface area contributed by atoms with Gasteiger partial charge in [0.2, 0.25) is 4.96 Å². The van der Waals surface area contributed by atoms with Gasteiger partial charge in [-0.15, -0.1) is 0 Å². The first-order chi connectivity index (χ1) is 12.5. The molecule has 0 saturated heterocycles. The number of aromatic nitrogens is 3. The van der Waals surface area contributed by atoms with Crippen molar-refractivity contribution in [3.8, 4) is 0 Å². The Hall–Kier alpha value is -1.27. The van der Waals surface area contributed by atoms with E-state index >= 15 is 0 Å². The van der Waals surface area contributed by atoms with Gasteiger partial charge in [0, 0.05) is 18.7 Å². The van der Waals surface area contributed by atoms with Crippen molar-refractivity contribution in [3.05, 3.63) is 27.1 Å². The first kappa shape index (κ1) is 16.9. The zero-order valence-corrected chi connectivity index (χ0v) is 16.5. The smallest absolute Gasteiger partial charge is 0.275 e. The summed E-state index contributed by atoms with van der Waals surface area (Å²) < 4.78 is 1.42. The zero-order chi connectivity index (χ0) is 17.9. The van der Waals surface area contributed by atoms with Gasteiger partial charge in [0.05, 0.1) is 5.69 Å². The first-order valence-corrected chi connectivity index (χ1v) is 11.0. The van der Waals surface area contributed by atoms with Crippen LogP contribution in [0.5, 0.6) is 0 Å². The van der Waals surface area contributed by atoms with Crippen molar-refractivity contribution in [2.24, 2.45) is 23.2 Å². The quantitative estimate of drug-likeness (QED) is 0.872. The van der Waals surface area contributed by atoms with Crippen molar-refractivity contribution in [2.45, 2.75) is 71.4 Å². The minimum absolute atomic E-state index is 0.0704. The highest BCUT2D eigenvalue weighted by molar-refractivity contribution is 7.16. The molecule has 4 aliphatic rings. The minimum atomic E-state index is -0.0704. The Labute approximate surface area is 158 Å². The summed E-state index contributed by atoms with van der Waals surface area (Å²) in [6.45, 7) is 4.91. The van der Waals surface area contributed by atoms with Crippen LogP contribution in [0.4, 0.5) is 0 Å². The molecule has 4 aliphatic carbocycles. The molecular weight excluding hydrogens is 344 g/mol. The lowest BCUT2D eigenvalue weighted by molar-refractivity contribution is -0.0748. The van der Waals surface area contributed by atoms with Crippen LogP contribution >= 0.6 is 11.3 Å². The van der Waals surface area contributed by atoms with E-state index in [9.17, 15) is 4.79 Å². The van der Waals surface area contributed by atoms with Crippen molar-refractivity contribution in [2.75, 3.05) is 0 Å². The SMILES string of the molecule is CCC(NCc1cc(=O)n2nc(C)sc2n1)C12CC3CC(CC(C3)C1)C2. The van der Waals surface area contributed by atoms with Crippen LogP contribution in [0.2, 0.25) is 0 Å². The summed E-state index contributed by atoms with van der Waals surface area (Å²) in [6.07, 6.45) is 9.84. The molecule has 4 fully saturated rings. The summed E-state index contributed by atoms with van der Waals surface area (Å²) in [4.78, 5) is 17.7. The van der Waals surface area contributed by atoms with Gasteiger partial charge in [-0.25, -0.2) is 4.98 Å². The Morgan fingerprint density at radius 1 is 1.27 bits per heavy atom. The van der Waals surface area contributed by atoms with Gasteiger partial charge in [0.25, 0.3) is 5.56 Å². The van der Waals surface area contributed by atoms with E-state index in [0.29, 0.717) is 23.0 Å². The maximum Gasteiger partial charge on any atom is 0.275 e. The van der Waals surface area contributed by atoms with E-state index in [2.05, 4.69) is 22.3 Å². The van der Waals surface area contributed by atoms with Crippen LogP contribution in [0, 0.1) is 30.1 Å². The average molecular weight is 373 g/mol. The van der Waals surface area contributed by atoms with Gasteiger partial charge in [-0.3, -0.25) is 4.79 Å². The van der Waals surface area contributed by atoms with E-state index in [1.165, 1.54) is 54.4 Å². The van der Waals surface area contributed by atoms with Gasteiger partial charge in [-0.2, -0.15) is 9.61 Å². The van der Waals surface area contributed by atoms with E-state index in [-0.39, 0.29) is 5.56 Å². The second-order valence-electron chi connectivity index (χ2n) is 9.02. The number of aryl methyl sites for hydroxylation is 1. The Morgan fingerprint density at radius 3 is 2.54 bits per heavy atom. The number of hydrogen-bond donors (Lipinski definition) is 1. The Kier molecular flexibility index (Phi) is 3.98. The first-order valence-electron chi connectivity index (χ1n) is 10.1. The van der Waals surface area contributed by atoms with Gasteiger partial charge >= 0.3 is 0 Å². The lowest BCUT2D eigenvalue weighted by Crippen LogP contribution is -2.55. The molecular formula is C20H28N4OS. The van der Waals surface area contributed by atoms with E-state index in [0.717, 1.165) is 34.9 Å². The van der Waals surface area contributed by atoms with E-state index in [1.807, 2.05) is 6.92 Å². The molecule has 4 saturated carbocycles. The molecule has 6 heteroatoms. The van der Waals surface area contributed by atoms with Gasteiger partial charge in [0.1, 0.15) is 5.01 Å². The molecule has 0 amide bonds. The molecule has 1 N–H and O–H groups in total. The monoisotopic (exact) mass is 372 g/mol. The summed E-state index contributed by atoms with van der Waals surface area (Å²) >= 11 is 1.48. The second-order valence-corrected chi connectivity index (χ2v) is 10.2. The second kappa shape index (κ2) is 6.13. The molecule has 2 aromatic rings. The summed E-state index contributed by atoms with van der Waals surface area (Å²) in [5, 5.41) is 8.92. The normalized spacial score (nSPS) is 33.8. The van der Waals surface area contributed by atoms with Crippen LogP contribution in [-0.4, -0.2) is 20.6 Å². The van der Waals surface area contributed by atoms with Crippen molar-refractivity contribution < 1.29 is 0 Å². The van der Waals surface area contributed by atoms with Crippen LogP contribution < -0.4 is 10.9 Å². The highest BCUT2D eigenvalue weighted by Crippen LogP contribution is 2.61. The number of nitrogens with one attached hydrogen (secondary N) is 1. The van der Waals surface area contributed by atoms with Crippen LogP contribution in [0.3, 0.4) is 0 Å². The fourth-order valence-corrected chi connectivity index (χ4v) is 7.44. The third-order valence-electron chi connectivity index (χ3n) is 7.16. The highest BCUT2D eigenvalue weighted by atomic mass is 32.1. The van der Waals surface area contributed by atoms with Gasteiger partial charge in [-0.05, 0) is 75.0 Å². The predicted octanol–water partition coefficient (Wildman–Crippen LogP) is 3.54. The molecule has 2 heterocycles. The standard InChI is InChI=1S/C20H28N4OS/c1-3-17(20-8-13-4-14(9-20)6-15(5-13)10-20)21-11-16-7-18(25)24-19(22-16)26-12(2)23-24/h7,13-15,17,21H,3-6,8-11H2,1-2H3. The van der Waals surface area contributed by atoms with Crippen molar-refractivity contribution in [1.29, 1.82) is 0 Å². The van der Waals surface area contributed by atoms with E-state index in [4.69, 9.17) is 0 Å². The topological polar surface area (TPSA) is 59.3 Å². The molecule has 140 valence electrons. The van der Waals surface area contributed by atoms with Crippen LogP contribution in [0.15, 0.2) is 10.9 Å². The Morgan fingerprint density at radius 2 is 1.92 bits per heavy atom. The Balaban J connectivity index is 1.36. The Bertz CT molecular complexity index is 850. The highest BCUT2D eigenvalue weighted by Gasteiger charge is 2.53. The molecule has 0 aliphatic heterocycles. The van der Waals surface area contributed by atoms with Crippen LogP contribution in [0.25, 0.3) is 4.96 Å². The zero-order valence-electron chi connectivity index (χ0n) is 15.7. The maximum atomic E-state index is 12.3. The lowest BCUT2D eigenvalue weighted by Gasteiger charge is -2.59. The molecule has 2 aromatic heterocycles. The molecule has 6 rings (SSSR count). The summed E-state index contributed by atoms with van der Waals surface area (Å²) in [7, 11) is 0. The number of fused-ring (bicyclic) bond motifs is 1. The molecule has 26 heavy (non-hydrogen) atoms. The number of nitrogens with zero attached hydrogens (tertiary/aromatic N) is 3. The van der Waals surface area contributed by atoms with Crippen LogP contribution in [0.1, 0.15) is 62.6 Å². The predicted molar refractivity (Wildman–Crippen MR) is 103 cm³/mol. The average Bonchev–Trinajstić information content (AvgIpc) is 2.95. The summed E-state index contributed by atoms with van der Waals surface area (Å²) in [6, 6.07) is 2.19. The summed E-state index contributed by atoms with van der Waals surface area (Å²) in [5.41, 5.74) is 1.27. The molecule has 4 bridgehead atoms. The third kappa shape index (κ3) is 2.73. The maximum absolute atomic E-state index is 12.3. The van der Waals surface area contributed by atoms with Crippen molar-refractivity contribution in [3.63, 3.8) is 0 Å². The van der Waals surface area contributed by atoms with Crippen molar-refractivity contribution >= 4 is 16.3 Å². The van der Waals surface area contributed by atoms with Crippen LogP contribution in [-0.2, 0) is 6.54 Å². The molecule has 0 spiro atoms.